The molecular weight excluding hydrogens is 305 g/mol. The molecule has 1 unspecified atom stereocenters. The summed E-state index contributed by atoms with van der Waals surface area (Å²) in [6.07, 6.45) is 2.27. The fourth-order valence-corrected chi connectivity index (χ4v) is 3.29. The van der Waals surface area contributed by atoms with Crippen molar-refractivity contribution < 1.29 is 13.9 Å². The summed E-state index contributed by atoms with van der Waals surface area (Å²) in [5.74, 6) is -0.275. The molecule has 3 rings (SSSR count). The molecule has 4 heteroatoms. The molecule has 0 spiro atoms. The van der Waals surface area contributed by atoms with Crippen molar-refractivity contribution >= 4 is 6.29 Å². The molecule has 0 saturated heterocycles. The minimum atomic E-state index is -0.652. The van der Waals surface area contributed by atoms with Gasteiger partial charge in [0.2, 0.25) is 0 Å². The van der Waals surface area contributed by atoms with Crippen molar-refractivity contribution in [3.63, 3.8) is 0 Å². The predicted molar refractivity (Wildman–Crippen MR) is 91.3 cm³/mol. The Labute approximate surface area is 141 Å². The second kappa shape index (κ2) is 6.11. The van der Waals surface area contributed by atoms with Crippen LogP contribution in [0.25, 0.3) is 0 Å². The Kier molecular flexibility index (Phi) is 4.28. The van der Waals surface area contributed by atoms with Crippen molar-refractivity contribution in [2.24, 2.45) is 5.73 Å². The summed E-state index contributed by atoms with van der Waals surface area (Å²) in [4.78, 5) is 11.0. The Morgan fingerprint density at radius 1 is 1.25 bits per heavy atom. The van der Waals surface area contributed by atoms with Crippen LogP contribution in [0, 0.1) is 5.82 Å². The summed E-state index contributed by atoms with van der Waals surface area (Å²) in [5, 5.41) is 0. The number of hydrogen-bond acceptors (Lipinski definition) is 3. The number of benzene rings is 2. The van der Waals surface area contributed by atoms with Gasteiger partial charge in [0.1, 0.15) is 17.7 Å². The van der Waals surface area contributed by atoms with E-state index in [0.717, 1.165) is 29.4 Å². The van der Waals surface area contributed by atoms with Gasteiger partial charge in [-0.3, -0.25) is 4.79 Å². The highest BCUT2D eigenvalue weighted by atomic mass is 19.1. The SMILES string of the molecule is CC(C)(N)CCC1(c2ccc(F)cc2)OCc2cc(C=O)ccc21. The van der Waals surface area contributed by atoms with E-state index >= 15 is 0 Å². The quantitative estimate of drug-likeness (QED) is 0.847. The zero-order valence-corrected chi connectivity index (χ0v) is 14.0. The highest BCUT2D eigenvalue weighted by Crippen LogP contribution is 2.46. The van der Waals surface area contributed by atoms with Crippen LogP contribution in [-0.4, -0.2) is 11.8 Å². The molecule has 0 amide bonds. The number of carbonyl (C=O) groups excluding carboxylic acids is 1. The van der Waals surface area contributed by atoms with Crippen molar-refractivity contribution in [2.75, 3.05) is 0 Å². The van der Waals surface area contributed by atoms with E-state index in [9.17, 15) is 9.18 Å². The molecule has 24 heavy (non-hydrogen) atoms. The fraction of sp³-hybridized carbons (Fsp3) is 0.350. The molecule has 2 aromatic carbocycles. The molecule has 1 heterocycles. The second-order valence-electron chi connectivity index (χ2n) is 7.15. The summed E-state index contributed by atoms with van der Waals surface area (Å²) >= 11 is 0. The predicted octanol–water partition coefficient (Wildman–Crippen LogP) is 3.93. The maximum atomic E-state index is 13.4. The topological polar surface area (TPSA) is 52.3 Å². The van der Waals surface area contributed by atoms with Gasteiger partial charge >= 0.3 is 0 Å². The molecular formula is C20H22FNO2. The van der Waals surface area contributed by atoms with Crippen molar-refractivity contribution in [1.29, 1.82) is 0 Å². The molecule has 0 radical (unpaired) electrons. The van der Waals surface area contributed by atoms with E-state index in [1.807, 2.05) is 26.0 Å². The molecule has 0 aliphatic carbocycles. The highest BCUT2D eigenvalue weighted by Gasteiger charge is 2.42. The van der Waals surface area contributed by atoms with Crippen LogP contribution in [0.3, 0.4) is 0 Å². The van der Waals surface area contributed by atoms with Crippen LogP contribution in [0.1, 0.15) is 53.7 Å². The number of rotatable bonds is 5. The van der Waals surface area contributed by atoms with Gasteiger partial charge in [-0.15, -0.1) is 0 Å². The van der Waals surface area contributed by atoms with Gasteiger partial charge in [-0.1, -0.05) is 24.3 Å². The zero-order valence-electron chi connectivity index (χ0n) is 14.0. The molecule has 0 aromatic heterocycles. The molecule has 0 saturated carbocycles. The van der Waals surface area contributed by atoms with Crippen LogP contribution in [0.5, 0.6) is 0 Å². The van der Waals surface area contributed by atoms with Crippen LogP contribution < -0.4 is 5.73 Å². The number of halogens is 1. The Bertz CT molecular complexity index is 749. The van der Waals surface area contributed by atoms with Crippen molar-refractivity contribution in [2.45, 2.75) is 44.4 Å². The monoisotopic (exact) mass is 327 g/mol. The largest absolute Gasteiger partial charge is 0.361 e. The van der Waals surface area contributed by atoms with Crippen molar-refractivity contribution in [3.8, 4) is 0 Å². The maximum Gasteiger partial charge on any atom is 0.150 e. The van der Waals surface area contributed by atoms with E-state index in [0.29, 0.717) is 18.6 Å². The van der Waals surface area contributed by atoms with Gasteiger partial charge in [0, 0.05) is 11.1 Å². The first-order valence-corrected chi connectivity index (χ1v) is 8.11. The Hall–Kier alpha value is -2.04. The number of nitrogens with two attached hydrogens (primary N) is 1. The molecule has 1 atom stereocenters. The summed E-state index contributed by atoms with van der Waals surface area (Å²) < 4.78 is 19.6. The highest BCUT2D eigenvalue weighted by molar-refractivity contribution is 5.75. The van der Waals surface area contributed by atoms with Gasteiger partial charge in [0.25, 0.3) is 0 Å². The van der Waals surface area contributed by atoms with Crippen LogP contribution >= 0.6 is 0 Å². The van der Waals surface area contributed by atoms with E-state index in [4.69, 9.17) is 10.5 Å². The standard InChI is InChI=1S/C20H22FNO2/c1-19(2,22)9-10-20(16-4-6-17(21)7-5-16)18-8-3-14(12-23)11-15(18)13-24-20/h3-8,11-12H,9-10,13,22H2,1-2H3. The number of carbonyl (C=O) groups is 1. The lowest BCUT2D eigenvalue weighted by Gasteiger charge is -2.33. The molecule has 126 valence electrons. The van der Waals surface area contributed by atoms with E-state index < -0.39 is 5.60 Å². The minimum Gasteiger partial charge on any atom is -0.361 e. The minimum absolute atomic E-state index is 0.275. The van der Waals surface area contributed by atoms with Crippen molar-refractivity contribution in [3.05, 3.63) is 70.5 Å². The normalized spacial score (nSPS) is 20.0. The first kappa shape index (κ1) is 16.8. The summed E-state index contributed by atoms with van der Waals surface area (Å²) in [6.45, 7) is 4.40. The number of hydrogen-bond donors (Lipinski definition) is 1. The van der Waals surface area contributed by atoms with Crippen LogP contribution in [0.2, 0.25) is 0 Å². The number of aldehydes is 1. The molecule has 2 aromatic rings. The maximum absolute atomic E-state index is 13.4. The average molecular weight is 327 g/mol. The summed E-state index contributed by atoms with van der Waals surface area (Å²) in [6, 6.07) is 12.0. The first-order valence-electron chi connectivity index (χ1n) is 8.11. The average Bonchev–Trinajstić information content (AvgIpc) is 2.92. The third-order valence-corrected chi connectivity index (χ3v) is 4.61. The van der Waals surface area contributed by atoms with Gasteiger partial charge in [-0.25, -0.2) is 4.39 Å². The van der Waals surface area contributed by atoms with E-state index in [1.54, 1.807) is 18.2 Å². The molecule has 0 fully saturated rings. The lowest BCUT2D eigenvalue weighted by molar-refractivity contribution is -0.0161. The fourth-order valence-electron chi connectivity index (χ4n) is 3.29. The number of ether oxygens (including phenoxy) is 1. The third-order valence-electron chi connectivity index (χ3n) is 4.61. The Morgan fingerprint density at radius 2 is 1.96 bits per heavy atom. The third kappa shape index (κ3) is 3.12. The molecule has 0 bridgehead atoms. The van der Waals surface area contributed by atoms with Gasteiger partial charge in [-0.05, 0) is 61.6 Å². The number of fused-ring (bicyclic) bond motifs is 1. The Morgan fingerprint density at radius 3 is 2.58 bits per heavy atom. The second-order valence-corrected chi connectivity index (χ2v) is 7.15. The molecule has 1 aliphatic heterocycles. The van der Waals surface area contributed by atoms with E-state index in [2.05, 4.69) is 0 Å². The molecule has 1 aliphatic rings. The van der Waals surface area contributed by atoms with E-state index in [-0.39, 0.29) is 11.4 Å². The summed E-state index contributed by atoms with van der Waals surface area (Å²) in [7, 11) is 0. The lowest BCUT2D eigenvalue weighted by atomic mass is 9.79. The molecule has 2 N–H and O–H groups in total. The molecule has 3 nitrogen and oxygen atoms in total. The lowest BCUT2D eigenvalue weighted by Crippen LogP contribution is -2.36. The van der Waals surface area contributed by atoms with Crippen LogP contribution in [-0.2, 0) is 16.9 Å². The van der Waals surface area contributed by atoms with E-state index in [1.165, 1.54) is 12.1 Å². The van der Waals surface area contributed by atoms with Crippen LogP contribution in [0.15, 0.2) is 42.5 Å². The first-order chi connectivity index (χ1) is 11.3. The van der Waals surface area contributed by atoms with Gasteiger partial charge in [-0.2, -0.15) is 0 Å². The zero-order chi connectivity index (χ0) is 17.4. The van der Waals surface area contributed by atoms with Gasteiger partial charge in [0.05, 0.1) is 6.61 Å². The summed E-state index contributed by atoms with van der Waals surface area (Å²) in [5.41, 5.74) is 8.76. The van der Waals surface area contributed by atoms with Gasteiger partial charge < -0.3 is 10.5 Å². The van der Waals surface area contributed by atoms with Crippen LogP contribution in [0.4, 0.5) is 4.39 Å². The smallest absolute Gasteiger partial charge is 0.150 e. The van der Waals surface area contributed by atoms with Gasteiger partial charge in [0.15, 0.2) is 0 Å². The Balaban J connectivity index is 2.08. The van der Waals surface area contributed by atoms with Crippen molar-refractivity contribution in [1.82, 2.24) is 0 Å².